The zero-order valence-electron chi connectivity index (χ0n) is 15.4. The number of esters is 1. The summed E-state index contributed by atoms with van der Waals surface area (Å²) < 4.78 is 10.7. The van der Waals surface area contributed by atoms with E-state index in [0.717, 1.165) is 11.3 Å². The Labute approximate surface area is 154 Å². The minimum Gasteiger partial charge on any atom is -0.479 e. The van der Waals surface area contributed by atoms with Crippen LogP contribution in [0.25, 0.3) is 0 Å². The molecule has 0 aromatic heterocycles. The molecular weight excluding hydrogens is 330 g/mol. The number of rotatable bonds is 8. The van der Waals surface area contributed by atoms with E-state index < -0.39 is 12.1 Å². The second-order valence-corrected chi connectivity index (χ2v) is 6.23. The minimum absolute atomic E-state index is 0.276. The summed E-state index contributed by atoms with van der Waals surface area (Å²) in [5.74, 6) is -0.0610. The van der Waals surface area contributed by atoms with Gasteiger partial charge in [-0.25, -0.2) is 4.79 Å². The predicted molar refractivity (Wildman–Crippen MR) is 101 cm³/mol. The van der Waals surface area contributed by atoms with Crippen molar-refractivity contribution in [3.8, 4) is 5.75 Å². The Hall–Kier alpha value is -2.82. The molecule has 138 valence electrons. The van der Waals surface area contributed by atoms with Crippen LogP contribution in [-0.2, 0) is 14.3 Å². The molecule has 26 heavy (non-hydrogen) atoms. The van der Waals surface area contributed by atoms with Crippen molar-refractivity contribution < 1.29 is 19.1 Å². The van der Waals surface area contributed by atoms with Crippen molar-refractivity contribution in [2.75, 3.05) is 11.9 Å². The minimum atomic E-state index is -0.742. The smallest absolute Gasteiger partial charge is 0.347 e. The number of amides is 1. The van der Waals surface area contributed by atoms with Gasteiger partial charge in [0, 0.05) is 5.69 Å². The summed E-state index contributed by atoms with van der Waals surface area (Å²) in [6.07, 6.45) is -0.293. The number of anilines is 1. The number of hydrogen-bond acceptors (Lipinski definition) is 4. The van der Waals surface area contributed by atoms with E-state index in [1.807, 2.05) is 49.4 Å². The standard InChI is InChI=1S/C21H25NO4/c1-4-19(26-16-10-6-5-7-11-16)21(24)25-14-20(23)22-18-13-9-8-12-17(18)15(2)3/h5-13,15,19H,4,14H2,1-3H3,(H,22,23)/t19-/m1/s1. The van der Waals surface area contributed by atoms with Crippen molar-refractivity contribution in [3.05, 3.63) is 60.2 Å². The maximum absolute atomic E-state index is 12.2. The highest BCUT2D eigenvalue weighted by Crippen LogP contribution is 2.23. The highest BCUT2D eigenvalue weighted by atomic mass is 16.6. The first kappa shape index (κ1) is 19.5. The predicted octanol–water partition coefficient (Wildman–Crippen LogP) is 4.15. The molecule has 2 aromatic rings. The third-order valence-electron chi connectivity index (χ3n) is 3.86. The van der Waals surface area contributed by atoms with E-state index in [4.69, 9.17) is 9.47 Å². The fraction of sp³-hybridized carbons (Fsp3) is 0.333. The molecule has 0 bridgehead atoms. The lowest BCUT2D eigenvalue weighted by Gasteiger charge is -2.17. The highest BCUT2D eigenvalue weighted by Gasteiger charge is 2.21. The molecule has 0 heterocycles. The number of carbonyl (C=O) groups excluding carboxylic acids is 2. The molecule has 5 nitrogen and oxygen atoms in total. The van der Waals surface area contributed by atoms with Gasteiger partial charge in [-0.05, 0) is 36.1 Å². The molecule has 0 saturated heterocycles. The number of nitrogens with one attached hydrogen (secondary N) is 1. The zero-order chi connectivity index (χ0) is 18.9. The van der Waals surface area contributed by atoms with Gasteiger partial charge in [-0.15, -0.1) is 0 Å². The van der Waals surface area contributed by atoms with Gasteiger partial charge in [0.05, 0.1) is 0 Å². The van der Waals surface area contributed by atoms with Crippen LogP contribution in [0.3, 0.4) is 0 Å². The van der Waals surface area contributed by atoms with Gasteiger partial charge in [0.25, 0.3) is 5.91 Å². The van der Waals surface area contributed by atoms with Gasteiger partial charge in [-0.1, -0.05) is 57.2 Å². The lowest BCUT2D eigenvalue weighted by molar-refractivity contribution is -0.154. The molecule has 1 amide bonds. The molecule has 0 aliphatic carbocycles. The zero-order valence-corrected chi connectivity index (χ0v) is 15.4. The van der Waals surface area contributed by atoms with Crippen LogP contribution in [0.1, 0.15) is 38.7 Å². The topological polar surface area (TPSA) is 64.6 Å². The molecule has 5 heteroatoms. The summed E-state index contributed by atoms with van der Waals surface area (Å²) in [6.45, 7) is 5.59. The van der Waals surface area contributed by atoms with Gasteiger partial charge in [0.1, 0.15) is 5.75 Å². The van der Waals surface area contributed by atoms with Crippen LogP contribution in [0, 0.1) is 0 Å². The Morgan fingerprint density at radius 1 is 1.00 bits per heavy atom. The number of hydrogen-bond donors (Lipinski definition) is 1. The maximum atomic E-state index is 12.2. The van der Waals surface area contributed by atoms with Crippen LogP contribution in [0.15, 0.2) is 54.6 Å². The van der Waals surface area contributed by atoms with Crippen molar-refractivity contribution in [3.63, 3.8) is 0 Å². The number of para-hydroxylation sites is 2. The van der Waals surface area contributed by atoms with E-state index in [1.165, 1.54) is 0 Å². The number of carbonyl (C=O) groups is 2. The summed E-state index contributed by atoms with van der Waals surface area (Å²) >= 11 is 0. The van der Waals surface area contributed by atoms with Crippen LogP contribution in [0.4, 0.5) is 5.69 Å². The lowest BCUT2D eigenvalue weighted by atomic mass is 10.0. The van der Waals surface area contributed by atoms with Crippen molar-refractivity contribution in [1.29, 1.82) is 0 Å². The Bertz CT molecular complexity index is 728. The Morgan fingerprint density at radius 2 is 1.65 bits per heavy atom. The second-order valence-electron chi connectivity index (χ2n) is 6.23. The molecule has 0 saturated carbocycles. The average Bonchev–Trinajstić information content (AvgIpc) is 2.65. The molecule has 1 N–H and O–H groups in total. The first-order valence-electron chi connectivity index (χ1n) is 8.78. The molecular formula is C21H25NO4. The summed E-state index contributed by atoms with van der Waals surface area (Å²) in [4.78, 5) is 24.3. The average molecular weight is 355 g/mol. The summed E-state index contributed by atoms with van der Waals surface area (Å²) in [5, 5.41) is 2.80. The van der Waals surface area contributed by atoms with Crippen molar-refractivity contribution in [1.82, 2.24) is 0 Å². The summed E-state index contributed by atoms with van der Waals surface area (Å²) in [5.41, 5.74) is 1.77. The first-order valence-corrected chi connectivity index (χ1v) is 8.78. The van der Waals surface area contributed by atoms with E-state index in [0.29, 0.717) is 12.2 Å². The lowest BCUT2D eigenvalue weighted by Crippen LogP contribution is -2.31. The van der Waals surface area contributed by atoms with E-state index in [9.17, 15) is 9.59 Å². The molecule has 0 aliphatic rings. The van der Waals surface area contributed by atoms with Crippen LogP contribution < -0.4 is 10.1 Å². The van der Waals surface area contributed by atoms with E-state index in [-0.39, 0.29) is 18.4 Å². The number of benzene rings is 2. The van der Waals surface area contributed by atoms with E-state index in [2.05, 4.69) is 19.2 Å². The molecule has 0 radical (unpaired) electrons. The van der Waals surface area contributed by atoms with E-state index >= 15 is 0 Å². The molecule has 2 rings (SSSR count). The Balaban J connectivity index is 1.89. The molecule has 2 aromatic carbocycles. The molecule has 0 aliphatic heterocycles. The van der Waals surface area contributed by atoms with Crippen molar-refractivity contribution in [2.24, 2.45) is 0 Å². The largest absolute Gasteiger partial charge is 0.479 e. The van der Waals surface area contributed by atoms with Crippen LogP contribution in [0.2, 0.25) is 0 Å². The van der Waals surface area contributed by atoms with Gasteiger partial charge in [-0.2, -0.15) is 0 Å². The second kappa shape index (κ2) is 9.61. The van der Waals surface area contributed by atoms with Gasteiger partial charge in [0.2, 0.25) is 0 Å². The summed E-state index contributed by atoms with van der Waals surface area (Å²) in [7, 11) is 0. The maximum Gasteiger partial charge on any atom is 0.347 e. The van der Waals surface area contributed by atoms with Crippen molar-refractivity contribution >= 4 is 17.6 Å². The summed E-state index contributed by atoms with van der Waals surface area (Å²) in [6, 6.07) is 16.6. The quantitative estimate of drug-likeness (QED) is 0.723. The fourth-order valence-corrected chi connectivity index (χ4v) is 2.49. The Morgan fingerprint density at radius 3 is 2.31 bits per heavy atom. The molecule has 0 spiro atoms. The SMILES string of the molecule is CC[C@@H](Oc1ccccc1)C(=O)OCC(=O)Nc1ccccc1C(C)C. The number of ether oxygens (including phenoxy) is 2. The van der Waals surface area contributed by atoms with Gasteiger partial charge in [-0.3, -0.25) is 4.79 Å². The van der Waals surface area contributed by atoms with Gasteiger partial charge >= 0.3 is 5.97 Å². The fourth-order valence-electron chi connectivity index (χ4n) is 2.49. The highest BCUT2D eigenvalue weighted by molar-refractivity contribution is 5.93. The van der Waals surface area contributed by atoms with Crippen LogP contribution >= 0.6 is 0 Å². The molecule has 0 fully saturated rings. The first-order chi connectivity index (χ1) is 12.5. The van der Waals surface area contributed by atoms with Crippen LogP contribution in [-0.4, -0.2) is 24.6 Å². The van der Waals surface area contributed by atoms with Gasteiger partial charge < -0.3 is 14.8 Å². The van der Waals surface area contributed by atoms with Crippen LogP contribution in [0.5, 0.6) is 5.75 Å². The Kier molecular flexibility index (Phi) is 7.21. The van der Waals surface area contributed by atoms with Crippen molar-refractivity contribution in [2.45, 2.75) is 39.2 Å². The molecule has 1 atom stereocenters. The van der Waals surface area contributed by atoms with Gasteiger partial charge in [0.15, 0.2) is 12.7 Å². The monoisotopic (exact) mass is 355 g/mol. The van der Waals surface area contributed by atoms with E-state index in [1.54, 1.807) is 12.1 Å². The third-order valence-corrected chi connectivity index (χ3v) is 3.86. The third kappa shape index (κ3) is 5.62. The normalized spacial score (nSPS) is 11.7. The molecule has 0 unspecified atom stereocenters.